The minimum absolute atomic E-state index is 0.167. The van der Waals surface area contributed by atoms with Crippen molar-refractivity contribution >= 4 is 11.9 Å². The van der Waals surface area contributed by atoms with E-state index in [2.05, 4.69) is 0 Å². The number of rotatable bonds is 5. The predicted octanol–water partition coefficient (Wildman–Crippen LogP) is 0.962. The van der Waals surface area contributed by atoms with Gasteiger partial charge in [-0.1, -0.05) is 0 Å². The fraction of sp³-hybridized carbons (Fsp3) is 0.750. The SMILES string of the molecule is O=C(O)CCC1CC1CC(=O)O. The number of carbonyl (C=O) groups is 2. The zero-order valence-electron chi connectivity index (χ0n) is 6.69. The van der Waals surface area contributed by atoms with Crippen LogP contribution in [-0.2, 0) is 9.59 Å². The number of aliphatic carboxylic acids is 2. The minimum atomic E-state index is -0.795. The molecular weight excluding hydrogens is 160 g/mol. The van der Waals surface area contributed by atoms with Gasteiger partial charge in [0, 0.05) is 12.8 Å². The largest absolute Gasteiger partial charge is 0.481 e. The summed E-state index contributed by atoms with van der Waals surface area (Å²) in [4.78, 5) is 20.4. The van der Waals surface area contributed by atoms with Crippen molar-refractivity contribution in [1.29, 1.82) is 0 Å². The van der Waals surface area contributed by atoms with E-state index in [1.807, 2.05) is 0 Å². The van der Waals surface area contributed by atoms with Gasteiger partial charge in [0.25, 0.3) is 0 Å². The van der Waals surface area contributed by atoms with Crippen molar-refractivity contribution in [2.75, 3.05) is 0 Å². The Morgan fingerprint density at radius 3 is 2.33 bits per heavy atom. The third kappa shape index (κ3) is 2.90. The molecule has 2 N–H and O–H groups in total. The Morgan fingerprint density at radius 2 is 1.83 bits per heavy atom. The quantitative estimate of drug-likeness (QED) is 0.647. The first kappa shape index (κ1) is 9.03. The first-order valence-electron chi connectivity index (χ1n) is 4.03. The molecule has 1 saturated carbocycles. The van der Waals surface area contributed by atoms with E-state index in [-0.39, 0.29) is 18.8 Å². The van der Waals surface area contributed by atoms with Crippen LogP contribution in [0.4, 0.5) is 0 Å². The maximum atomic E-state index is 10.2. The van der Waals surface area contributed by atoms with Crippen LogP contribution < -0.4 is 0 Å². The van der Waals surface area contributed by atoms with E-state index in [0.717, 1.165) is 6.42 Å². The first-order chi connectivity index (χ1) is 5.59. The molecule has 0 amide bonds. The second kappa shape index (κ2) is 3.56. The smallest absolute Gasteiger partial charge is 0.303 e. The van der Waals surface area contributed by atoms with Gasteiger partial charge in [0.2, 0.25) is 0 Å². The first-order valence-corrected chi connectivity index (χ1v) is 4.03. The van der Waals surface area contributed by atoms with E-state index in [1.165, 1.54) is 0 Å². The average molecular weight is 172 g/mol. The Morgan fingerprint density at radius 1 is 1.17 bits per heavy atom. The molecule has 1 aliphatic rings. The molecule has 68 valence electrons. The number of carboxylic acids is 2. The van der Waals surface area contributed by atoms with E-state index in [1.54, 1.807) is 0 Å². The van der Waals surface area contributed by atoms with Crippen molar-refractivity contribution in [3.05, 3.63) is 0 Å². The molecule has 0 heterocycles. The predicted molar refractivity (Wildman–Crippen MR) is 40.7 cm³/mol. The average Bonchev–Trinajstić information content (AvgIpc) is 2.62. The zero-order valence-corrected chi connectivity index (χ0v) is 6.69. The summed E-state index contributed by atoms with van der Waals surface area (Å²) in [5.74, 6) is -0.993. The summed E-state index contributed by atoms with van der Waals surface area (Å²) in [6, 6.07) is 0. The number of carboxylic acid groups (broad SMARTS) is 2. The molecule has 1 fully saturated rings. The van der Waals surface area contributed by atoms with Crippen molar-refractivity contribution in [2.24, 2.45) is 11.8 Å². The summed E-state index contributed by atoms with van der Waals surface area (Å²) in [6.07, 6.45) is 1.89. The van der Waals surface area contributed by atoms with Crippen molar-refractivity contribution < 1.29 is 19.8 Å². The molecule has 2 atom stereocenters. The molecule has 4 nitrogen and oxygen atoms in total. The molecule has 0 radical (unpaired) electrons. The fourth-order valence-corrected chi connectivity index (χ4v) is 1.45. The van der Waals surface area contributed by atoms with Gasteiger partial charge in [-0.2, -0.15) is 0 Å². The molecule has 0 aliphatic heterocycles. The molecule has 0 aromatic rings. The van der Waals surface area contributed by atoms with Crippen LogP contribution in [0.2, 0.25) is 0 Å². The third-order valence-electron chi connectivity index (χ3n) is 2.23. The normalized spacial score (nSPS) is 26.7. The Kier molecular flexibility index (Phi) is 2.68. The van der Waals surface area contributed by atoms with Gasteiger partial charge in [0.15, 0.2) is 0 Å². The topological polar surface area (TPSA) is 74.6 Å². The molecule has 12 heavy (non-hydrogen) atoms. The second-order valence-electron chi connectivity index (χ2n) is 3.29. The van der Waals surface area contributed by atoms with Crippen LogP contribution in [0.5, 0.6) is 0 Å². The van der Waals surface area contributed by atoms with Crippen molar-refractivity contribution in [3.8, 4) is 0 Å². The van der Waals surface area contributed by atoms with E-state index >= 15 is 0 Å². The maximum Gasteiger partial charge on any atom is 0.303 e. The van der Waals surface area contributed by atoms with Gasteiger partial charge in [0.1, 0.15) is 0 Å². The molecule has 0 saturated heterocycles. The zero-order chi connectivity index (χ0) is 9.14. The maximum absolute atomic E-state index is 10.2. The molecule has 1 rings (SSSR count). The Hall–Kier alpha value is -1.06. The minimum Gasteiger partial charge on any atom is -0.481 e. The van der Waals surface area contributed by atoms with Gasteiger partial charge in [-0.25, -0.2) is 0 Å². The van der Waals surface area contributed by atoms with Crippen molar-refractivity contribution in [2.45, 2.75) is 25.7 Å². The highest BCUT2D eigenvalue weighted by atomic mass is 16.4. The van der Waals surface area contributed by atoms with Crippen LogP contribution in [0.25, 0.3) is 0 Å². The molecular formula is C8H12O4. The van der Waals surface area contributed by atoms with E-state index < -0.39 is 11.9 Å². The summed E-state index contributed by atoms with van der Waals surface area (Å²) in [7, 11) is 0. The van der Waals surface area contributed by atoms with Crippen LogP contribution in [0.1, 0.15) is 25.7 Å². The molecule has 1 aliphatic carbocycles. The van der Waals surface area contributed by atoms with Crippen LogP contribution in [0.15, 0.2) is 0 Å². The van der Waals surface area contributed by atoms with Crippen LogP contribution in [0.3, 0.4) is 0 Å². The lowest BCUT2D eigenvalue weighted by Gasteiger charge is -1.93. The lowest BCUT2D eigenvalue weighted by molar-refractivity contribution is -0.137. The monoisotopic (exact) mass is 172 g/mol. The lowest BCUT2D eigenvalue weighted by Crippen LogP contribution is -1.99. The summed E-state index contributed by atoms with van der Waals surface area (Å²) < 4.78 is 0. The van der Waals surface area contributed by atoms with Crippen LogP contribution >= 0.6 is 0 Å². The Balaban J connectivity index is 2.08. The Labute approximate surface area is 70.2 Å². The molecule has 0 bridgehead atoms. The standard InChI is InChI=1S/C8H12O4/c9-7(10)2-1-5-3-6(5)4-8(11)12/h5-6H,1-4H2,(H,9,10)(H,11,12). The highest BCUT2D eigenvalue weighted by molar-refractivity contribution is 5.68. The van der Waals surface area contributed by atoms with Gasteiger partial charge < -0.3 is 10.2 Å². The summed E-state index contributed by atoms with van der Waals surface area (Å²) >= 11 is 0. The van der Waals surface area contributed by atoms with E-state index in [9.17, 15) is 9.59 Å². The molecule has 4 heteroatoms. The highest BCUT2D eigenvalue weighted by Gasteiger charge is 2.38. The van der Waals surface area contributed by atoms with Crippen molar-refractivity contribution in [1.82, 2.24) is 0 Å². The molecule has 2 unspecified atom stereocenters. The van der Waals surface area contributed by atoms with Gasteiger partial charge in [0.05, 0.1) is 0 Å². The van der Waals surface area contributed by atoms with E-state index in [0.29, 0.717) is 12.3 Å². The van der Waals surface area contributed by atoms with Crippen LogP contribution in [-0.4, -0.2) is 22.2 Å². The molecule has 0 aromatic heterocycles. The second-order valence-corrected chi connectivity index (χ2v) is 3.29. The number of hydrogen-bond acceptors (Lipinski definition) is 2. The third-order valence-corrected chi connectivity index (χ3v) is 2.23. The van der Waals surface area contributed by atoms with E-state index in [4.69, 9.17) is 10.2 Å². The molecule has 0 spiro atoms. The summed E-state index contributed by atoms with van der Waals surface area (Å²) in [6.45, 7) is 0. The fourth-order valence-electron chi connectivity index (χ4n) is 1.45. The molecule has 0 aromatic carbocycles. The van der Waals surface area contributed by atoms with Gasteiger partial charge in [-0.3, -0.25) is 9.59 Å². The number of hydrogen-bond donors (Lipinski definition) is 2. The lowest BCUT2D eigenvalue weighted by atomic mass is 10.1. The Bertz CT molecular complexity index is 199. The van der Waals surface area contributed by atoms with Crippen molar-refractivity contribution in [3.63, 3.8) is 0 Å². The summed E-state index contributed by atoms with van der Waals surface area (Å²) in [5.41, 5.74) is 0. The van der Waals surface area contributed by atoms with Crippen LogP contribution in [0, 0.1) is 11.8 Å². The highest BCUT2D eigenvalue weighted by Crippen LogP contribution is 2.44. The van der Waals surface area contributed by atoms with Gasteiger partial charge in [-0.15, -0.1) is 0 Å². The van der Waals surface area contributed by atoms with Gasteiger partial charge in [-0.05, 0) is 24.7 Å². The van der Waals surface area contributed by atoms with Gasteiger partial charge >= 0.3 is 11.9 Å². The summed E-state index contributed by atoms with van der Waals surface area (Å²) in [5, 5.41) is 16.7.